The molecule has 25 heavy (non-hydrogen) atoms. The lowest BCUT2D eigenvalue weighted by molar-refractivity contribution is -0.118. The number of anilines is 1. The molecule has 0 spiro atoms. The maximum absolute atomic E-state index is 12.8. The predicted octanol–water partition coefficient (Wildman–Crippen LogP) is 4.17. The van der Waals surface area contributed by atoms with Gasteiger partial charge in [-0.25, -0.2) is 9.37 Å². The molecule has 0 aliphatic heterocycles. The van der Waals surface area contributed by atoms with Gasteiger partial charge in [0, 0.05) is 6.07 Å². The summed E-state index contributed by atoms with van der Waals surface area (Å²) in [6.45, 7) is 3.92. The molecule has 8 heteroatoms. The van der Waals surface area contributed by atoms with Gasteiger partial charge >= 0.3 is 0 Å². The minimum atomic E-state index is -0.560. The highest BCUT2D eigenvalue weighted by atomic mass is 35.5. The number of rotatable bonds is 6. The first-order valence-corrected chi connectivity index (χ1v) is 7.45. The number of ether oxygens (including phenoxy) is 1. The second-order valence-electron chi connectivity index (χ2n) is 5.34. The zero-order valence-electron chi connectivity index (χ0n) is 13.9. The molecular weight excluding hydrogens is 368 g/mol. The maximum atomic E-state index is 12.8. The van der Waals surface area contributed by atoms with Crippen molar-refractivity contribution in [1.29, 1.82) is 0 Å². The molecule has 2 atom stereocenters. The molecule has 0 aliphatic carbocycles. The minimum absolute atomic E-state index is 0. The summed E-state index contributed by atoms with van der Waals surface area (Å²) >= 11 is 0. The van der Waals surface area contributed by atoms with E-state index in [0.29, 0.717) is 17.3 Å². The van der Waals surface area contributed by atoms with E-state index in [4.69, 9.17) is 10.5 Å². The third kappa shape index (κ3) is 6.86. The average Bonchev–Trinajstić information content (AvgIpc) is 2.57. The molecule has 0 saturated carbocycles. The second kappa shape index (κ2) is 10.9. The van der Waals surface area contributed by atoms with Crippen molar-refractivity contribution in [3.8, 4) is 11.6 Å². The second-order valence-corrected chi connectivity index (χ2v) is 5.34. The van der Waals surface area contributed by atoms with Crippen LogP contribution >= 0.6 is 24.8 Å². The molecule has 0 aliphatic rings. The smallest absolute Gasteiger partial charge is 0.241 e. The molecule has 0 radical (unpaired) electrons. The van der Waals surface area contributed by atoms with Gasteiger partial charge in [0.05, 0.1) is 17.9 Å². The van der Waals surface area contributed by atoms with Crippen LogP contribution in [0.4, 0.5) is 10.1 Å². The molecule has 3 N–H and O–H groups in total. The Kier molecular flexibility index (Phi) is 10.0. The normalized spacial score (nSPS) is 12.2. The van der Waals surface area contributed by atoms with Gasteiger partial charge in [-0.3, -0.25) is 4.79 Å². The van der Waals surface area contributed by atoms with Crippen LogP contribution in [-0.2, 0) is 4.79 Å². The Bertz CT molecular complexity index is 654. The van der Waals surface area contributed by atoms with Crippen LogP contribution in [0.5, 0.6) is 11.6 Å². The van der Waals surface area contributed by atoms with Crippen LogP contribution in [0.15, 0.2) is 42.6 Å². The fourth-order valence-corrected chi connectivity index (χ4v) is 1.88. The first-order chi connectivity index (χ1) is 11.0. The SMILES string of the molecule is CCC(C)C(N)C(=O)Nc1ccc(Oc2ccc(F)cc2)nc1.Cl.Cl. The van der Waals surface area contributed by atoms with Gasteiger partial charge in [0.2, 0.25) is 11.8 Å². The number of benzene rings is 1. The number of nitrogens with one attached hydrogen (secondary N) is 1. The van der Waals surface area contributed by atoms with Gasteiger partial charge in [-0.05, 0) is 36.2 Å². The third-order valence-electron chi connectivity index (χ3n) is 3.60. The zero-order chi connectivity index (χ0) is 16.8. The molecule has 0 bridgehead atoms. The molecular formula is C17H22Cl2FN3O2. The van der Waals surface area contributed by atoms with Gasteiger partial charge in [0.25, 0.3) is 0 Å². The molecule has 1 amide bonds. The summed E-state index contributed by atoms with van der Waals surface area (Å²) in [7, 11) is 0. The number of amides is 1. The monoisotopic (exact) mass is 389 g/mol. The molecule has 5 nitrogen and oxygen atoms in total. The molecule has 0 fully saturated rings. The van der Waals surface area contributed by atoms with E-state index in [0.717, 1.165) is 6.42 Å². The van der Waals surface area contributed by atoms with Crippen molar-refractivity contribution in [2.75, 3.05) is 5.32 Å². The largest absolute Gasteiger partial charge is 0.439 e. The van der Waals surface area contributed by atoms with Crippen molar-refractivity contribution < 1.29 is 13.9 Å². The minimum Gasteiger partial charge on any atom is -0.439 e. The molecule has 2 aromatic rings. The lowest BCUT2D eigenvalue weighted by Gasteiger charge is -2.17. The van der Waals surface area contributed by atoms with Crippen molar-refractivity contribution in [3.05, 3.63) is 48.4 Å². The van der Waals surface area contributed by atoms with Crippen molar-refractivity contribution in [2.45, 2.75) is 26.3 Å². The first kappa shape index (κ1) is 23.1. The maximum Gasteiger partial charge on any atom is 0.241 e. The molecule has 0 saturated heterocycles. The summed E-state index contributed by atoms with van der Waals surface area (Å²) in [6.07, 6.45) is 2.32. The quantitative estimate of drug-likeness (QED) is 0.776. The zero-order valence-corrected chi connectivity index (χ0v) is 15.6. The predicted molar refractivity (Wildman–Crippen MR) is 101 cm³/mol. The van der Waals surface area contributed by atoms with E-state index in [9.17, 15) is 9.18 Å². The Balaban J connectivity index is 0.00000288. The summed E-state index contributed by atoms with van der Waals surface area (Å²) in [6, 6.07) is 8.37. The van der Waals surface area contributed by atoms with Crippen molar-refractivity contribution in [1.82, 2.24) is 4.98 Å². The Morgan fingerprint density at radius 2 is 1.88 bits per heavy atom. The highest BCUT2D eigenvalue weighted by Gasteiger charge is 2.19. The molecule has 1 aromatic carbocycles. The van der Waals surface area contributed by atoms with Crippen LogP contribution in [0, 0.1) is 11.7 Å². The van der Waals surface area contributed by atoms with Crippen molar-refractivity contribution >= 4 is 36.4 Å². The van der Waals surface area contributed by atoms with E-state index in [1.54, 1.807) is 12.1 Å². The summed E-state index contributed by atoms with van der Waals surface area (Å²) < 4.78 is 18.3. The van der Waals surface area contributed by atoms with Crippen LogP contribution in [0.25, 0.3) is 0 Å². The highest BCUT2D eigenvalue weighted by molar-refractivity contribution is 5.94. The van der Waals surface area contributed by atoms with Gasteiger partial charge < -0.3 is 15.8 Å². The molecule has 2 unspecified atom stereocenters. The summed E-state index contributed by atoms with van der Waals surface area (Å²) in [5, 5.41) is 2.72. The van der Waals surface area contributed by atoms with Crippen LogP contribution in [0.1, 0.15) is 20.3 Å². The number of hydrogen-bond donors (Lipinski definition) is 2. The topological polar surface area (TPSA) is 77.2 Å². The number of nitrogens with zero attached hydrogens (tertiary/aromatic N) is 1. The number of aromatic nitrogens is 1. The number of halogens is 3. The Hall–Kier alpha value is -1.89. The number of carbonyl (C=O) groups is 1. The Labute approximate surface area is 159 Å². The highest BCUT2D eigenvalue weighted by Crippen LogP contribution is 2.20. The fraction of sp³-hybridized carbons (Fsp3) is 0.294. The van der Waals surface area contributed by atoms with E-state index in [1.165, 1.54) is 30.5 Å². The summed E-state index contributed by atoms with van der Waals surface area (Å²) in [5.41, 5.74) is 6.42. The fourth-order valence-electron chi connectivity index (χ4n) is 1.88. The van der Waals surface area contributed by atoms with E-state index < -0.39 is 6.04 Å². The van der Waals surface area contributed by atoms with Crippen LogP contribution in [0.3, 0.4) is 0 Å². The van der Waals surface area contributed by atoms with Crippen LogP contribution in [0.2, 0.25) is 0 Å². The standard InChI is InChI=1S/C17H20FN3O2.2ClH/c1-3-11(2)16(19)17(22)21-13-6-9-15(20-10-13)23-14-7-4-12(18)5-8-14;;/h4-11,16H,3,19H2,1-2H3,(H,21,22);2*1H. The molecule has 2 rings (SSSR count). The molecule has 138 valence electrons. The van der Waals surface area contributed by atoms with Gasteiger partial charge in [-0.15, -0.1) is 24.8 Å². The number of hydrogen-bond acceptors (Lipinski definition) is 4. The van der Waals surface area contributed by atoms with Crippen LogP contribution in [-0.4, -0.2) is 16.9 Å². The first-order valence-electron chi connectivity index (χ1n) is 7.45. The summed E-state index contributed by atoms with van der Waals surface area (Å²) in [5.74, 6) is 0.355. The lowest BCUT2D eigenvalue weighted by atomic mass is 9.99. The Morgan fingerprint density at radius 3 is 2.40 bits per heavy atom. The average molecular weight is 390 g/mol. The van der Waals surface area contributed by atoms with Gasteiger partial charge in [0.1, 0.15) is 11.6 Å². The van der Waals surface area contributed by atoms with Gasteiger partial charge in [-0.2, -0.15) is 0 Å². The van der Waals surface area contributed by atoms with E-state index in [2.05, 4.69) is 10.3 Å². The number of pyridine rings is 1. The van der Waals surface area contributed by atoms with E-state index in [-0.39, 0.29) is 42.5 Å². The summed E-state index contributed by atoms with van der Waals surface area (Å²) in [4.78, 5) is 16.1. The molecule has 1 heterocycles. The number of carbonyl (C=O) groups excluding carboxylic acids is 1. The number of nitrogens with two attached hydrogens (primary N) is 1. The van der Waals surface area contributed by atoms with Crippen molar-refractivity contribution in [2.24, 2.45) is 11.7 Å². The van der Waals surface area contributed by atoms with E-state index >= 15 is 0 Å². The Morgan fingerprint density at radius 1 is 1.24 bits per heavy atom. The van der Waals surface area contributed by atoms with Crippen LogP contribution < -0.4 is 15.8 Å². The lowest BCUT2D eigenvalue weighted by Crippen LogP contribution is -2.40. The van der Waals surface area contributed by atoms with Crippen molar-refractivity contribution in [3.63, 3.8) is 0 Å². The van der Waals surface area contributed by atoms with Gasteiger partial charge in [0.15, 0.2) is 0 Å². The third-order valence-corrected chi connectivity index (χ3v) is 3.60. The van der Waals surface area contributed by atoms with E-state index in [1.807, 2.05) is 13.8 Å². The molecule has 1 aromatic heterocycles. The van der Waals surface area contributed by atoms with Gasteiger partial charge in [-0.1, -0.05) is 20.3 Å².